The van der Waals surface area contributed by atoms with Crippen LogP contribution in [0.1, 0.15) is 40.7 Å². The van der Waals surface area contributed by atoms with Gasteiger partial charge in [-0.25, -0.2) is 9.18 Å². The number of hydrogen-bond acceptors (Lipinski definition) is 7. The van der Waals surface area contributed by atoms with E-state index < -0.39 is 29.5 Å². The Balaban J connectivity index is 0.000000644. The fourth-order valence-corrected chi connectivity index (χ4v) is 6.18. The number of halogens is 4. The van der Waals surface area contributed by atoms with Crippen molar-refractivity contribution in [1.29, 1.82) is 0 Å². The highest BCUT2D eigenvalue weighted by atomic mass is 19.4. The molecule has 3 aromatic rings. The second-order valence-electron chi connectivity index (χ2n) is 11.7. The predicted molar refractivity (Wildman–Crippen MR) is 159 cm³/mol. The second kappa shape index (κ2) is 14.9. The number of methoxy groups -OCH3 is 1. The quantitative estimate of drug-likeness (QED) is 0.148. The highest BCUT2D eigenvalue weighted by Crippen LogP contribution is 2.38. The lowest BCUT2D eigenvalue weighted by Gasteiger charge is -2.52. The summed E-state index contributed by atoms with van der Waals surface area (Å²) in [6.07, 6.45) is -2.84. The molecule has 3 aliphatic heterocycles. The van der Waals surface area contributed by atoms with Gasteiger partial charge in [-0.1, -0.05) is 60.7 Å². The number of fused-ring (bicyclic) bond motifs is 3. The van der Waals surface area contributed by atoms with Crippen molar-refractivity contribution in [3.05, 3.63) is 101 Å². The number of piperidine rings is 3. The van der Waals surface area contributed by atoms with Gasteiger partial charge in [-0.2, -0.15) is 13.2 Å². The average molecular weight is 661 g/mol. The molecule has 0 unspecified atom stereocenters. The number of benzene rings is 3. The molecule has 2 bridgehead atoms. The minimum atomic E-state index is -5.19. The number of rotatable bonds is 10. The van der Waals surface area contributed by atoms with Gasteiger partial charge in [-0.3, -0.25) is 4.79 Å². The van der Waals surface area contributed by atoms with E-state index in [1.54, 1.807) is 54.6 Å². The molecule has 0 radical (unpaired) electrons. The summed E-state index contributed by atoms with van der Waals surface area (Å²) in [5.41, 5.74) is -0.696. The molecule has 3 aromatic carbocycles. The molecule has 13 heteroatoms. The maximum atomic E-state index is 14.0. The fourth-order valence-electron chi connectivity index (χ4n) is 6.18. The van der Waals surface area contributed by atoms with E-state index in [0.29, 0.717) is 24.2 Å². The number of quaternary nitrogens is 1. The number of nitrogens with zero attached hydrogens (tertiary/aromatic N) is 1. The van der Waals surface area contributed by atoms with E-state index in [1.165, 1.54) is 19.2 Å². The summed E-state index contributed by atoms with van der Waals surface area (Å²) in [5.74, 6) is -4.19. The molecule has 3 heterocycles. The molecule has 9 nitrogen and oxygen atoms in total. The molecule has 0 spiro atoms. The summed E-state index contributed by atoms with van der Waals surface area (Å²) in [6, 6.07) is 22.0. The maximum Gasteiger partial charge on any atom is 0.430 e. The average Bonchev–Trinajstić information content (AvgIpc) is 3.07. The second-order valence-corrected chi connectivity index (χ2v) is 11.7. The van der Waals surface area contributed by atoms with Gasteiger partial charge in [0.15, 0.2) is 17.7 Å². The van der Waals surface area contributed by atoms with Gasteiger partial charge >= 0.3 is 12.1 Å². The van der Waals surface area contributed by atoms with Crippen molar-refractivity contribution in [2.75, 3.05) is 39.8 Å². The first-order valence-electron chi connectivity index (χ1n) is 15.1. The Labute approximate surface area is 269 Å². The van der Waals surface area contributed by atoms with Gasteiger partial charge in [0.05, 0.1) is 26.7 Å². The minimum Gasteiger partial charge on any atom is -0.542 e. The Kier molecular flexibility index (Phi) is 11.2. The van der Waals surface area contributed by atoms with Crippen LogP contribution in [0.25, 0.3) is 0 Å². The topological polar surface area (TPSA) is 125 Å². The largest absolute Gasteiger partial charge is 0.542 e. The Morgan fingerprint density at radius 3 is 2.00 bits per heavy atom. The summed E-state index contributed by atoms with van der Waals surface area (Å²) in [4.78, 5) is 35.0. The predicted octanol–water partition coefficient (Wildman–Crippen LogP) is 3.34. The molecule has 2 N–H and O–H groups in total. The molecule has 1 atom stereocenters. The van der Waals surface area contributed by atoms with Crippen molar-refractivity contribution in [3.63, 3.8) is 0 Å². The molecule has 0 aromatic heterocycles. The number of nitrogens with one attached hydrogen (secondary N) is 1. The summed E-state index contributed by atoms with van der Waals surface area (Å²) < 4.78 is 57.4. The highest BCUT2D eigenvalue weighted by molar-refractivity contribution is 5.94. The number of ether oxygens (including phenoxy) is 2. The molecular weight excluding hydrogens is 624 g/mol. The zero-order chi connectivity index (χ0) is 34.2. The fraction of sp³-hybridized carbons (Fsp3) is 0.382. The van der Waals surface area contributed by atoms with Gasteiger partial charge < -0.3 is 34.3 Å². The number of hydrogen-bond donors (Lipinski definition) is 2. The molecule has 0 aliphatic carbocycles. The number of carbonyl (C=O) groups excluding carboxylic acids is 3. The summed E-state index contributed by atoms with van der Waals surface area (Å²) in [5, 5.41) is 23.5. The molecule has 47 heavy (non-hydrogen) atoms. The van der Waals surface area contributed by atoms with Crippen molar-refractivity contribution in [2.24, 2.45) is 5.92 Å². The number of esters is 1. The summed E-state index contributed by atoms with van der Waals surface area (Å²) in [7, 11) is 1.38. The number of carboxylic acids is 1. The third-order valence-corrected chi connectivity index (χ3v) is 8.72. The van der Waals surface area contributed by atoms with E-state index >= 15 is 0 Å². The Morgan fingerprint density at radius 1 is 0.957 bits per heavy atom. The number of amides is 1. The lowest BCUT2D eigenvalue weighted by Crippen LogP contribution is -2.65. The van der Waals surface area contributed by atoms with Gasteiger partial charge in [0, 0.05) is 37.3 Å². The van der Waals surface area contributed by atoms with E-state index in [0.717, 1.165) is 43.4 Å². The van der Waals surface area contributed by atoms with Crippen LogP contribution in [-0.4, -0.2) is 79.5 Å². The standard InChI is InChI=1S/C32H35FN2O5.C2HF3O2/c1-39-28-14-13-24(21-27(28)33)30(36)34-17-8-18-35-19-15-23(16-20-35)29(22-35)40-31(37)32(38,25-9-4-2-5-10-25)26-11-6-3-7-12-26;3-2(4,5)1(6)7/h2-7,9-14,21,23,29,38H,8,15-20,22H2,1H3;(H,6,7)/t23?,29-,35?;/m0./s1. The van der Waals surface area contributed by atoms with E-state index in [-0.39, 0.29) is 29.2 Å². The zero-order valence-corrected chi connectivity index (χ0v) is 25.7. The molecule has 1 amide bonds. The maximum absolute atomic E-state index is 14.0. The van der Waals surface area contributed by atoms with Gasteiger partial charge in [0.25, 0.3) is 5.91 Å². The number of aliphatic carboxylic acids is 1. The molecule has 6 rings (SSSR count). The van der Waals surface area contributed by atoms with E-state index in [4.69, 9.17) is 19.4 Å². The SMILES string of the molecule is COc1ccc(C(=O)NCCC[N+]23CCC(CC2)[C@@H](OC(=O)C(O)(c2ccccc2)c2ccccc2)C3)cc1F.O=C([O-])C(F)(F)F. The first kappa shape index (κ1) is 35.4. The Bertz CT molecular complexity index is 1490. The van der Waals surface area contributed by atoms with Crippen molar-refractivity contribution in [3.8, 4) is 5.75 Å². The molecular formula is C34H36F4N2O7. The minimum absolute atomic E-state index is 0.0992. The molecule has 0 saturated carbocycles. The van der Waals surface area contributed by atoms with Crippen LogP contribution < -0.4 is 15.2 Å². The first-order valence-corrected chi connectivity index (χ1v) is 15.1. The van der Waals surface area contributed by atoms with Crippen LogP contribution in [-0.2, 0) is 19.9 Å². The summed E-state index contributed by atoms with van der Waals surface area (Å²) in [6.45, 7) is 3.98. The van der Waals surface area contributed by atoms with Crippen molar-refractivity contribution in [2.45, 2.75) is 37.1 Å². The number of carboxylic acid groups (broad SMARTS) is 1. The van der Waals surface area contributed by atoms with Crippen LogP contribution >= 0.6 is 0 Å². The van der Waals surface area contributed by atoms with Crippen LogP contribution in [0.3, 0.4) is 0 Å². The first-order chi connectivity index (χ1) is 22.3. The lowest BCUT2D eigenvalue weighted by molar-refractivity contribution is -0.946. The molecule has 3 saturated heterocycles. The summed E-state index contributed by atoms with van der Waals surface area (Å²) >= 11 is 0. The number of alkyl halides is 3. The van der Waals surface area contributed by atoms with Gasteiger partial charge in [0.1, 0.15) is 12.5 Å². The smallest absolute Gasteiger partial charge is 0.430 e. The van der Waals surface area contributed by atoms with E-state index in [9.17, 15) is 32.3 Å². The normalized spacial score (nSPS) is 20.4. The van der Waals surface area contributed by atoms with Gasteiger partial charge in [0.2, 0.25) is 5.60 Å². The Hall–Kier alpha value is -4.49. The third-order valence-electron chi connectivity index (χ3n) is 8.72. The third kappa shape index (κ3) is 8.46. The van der Waals surface area contributed by atoms with E-state index in [2.05, 4.69) is 5.32 Å². The molecule has 252 valence electrons. The lowest BCUT2D eigenvalue weighted by atomic mass is 9.82. The van der Waals surface area contributed by atoms with Crippen molar-refractivity contribution < 1.29 is 56.1 Å². The van der Waals surface area contributed by atoms with Gasteiger partial charge in [-0.05, 0) is 29.3 Å². The van der Waals surface area contributed by atoms with Crippen LogP contribution in [0.2, 0.25) is 0 Å². The monoisotopic (exact) mass is 660 g/mol. The van der Waals surface area contributed by atoms with Crippen LogP contribution in [0, 0.1) is 11.7 Å². The highest BCUT2D eigenvalue weighted by Gasteiger charge is 2.50. The van der Waals surface area contributed by atoms with Crippen molar-refractivity contribution >= 4 is 17.8 Å². The molecule has 3 aliphatic rings. The van der Waals surface area contributed by atoms with Gasteiger partial charge in [-0.15, -0.1) is 0 Å². The Morgan fingerprint density at radius 2 is 1.51 bits per heavy atom. The van der Waals surface area contributed by atoms with Crippen LogP contribution in [0.5, 0.6) is 5.75 Å². The molecule has 3 fully saturated rings. The van der Waals surface area contributed by atoms with E-state index in [1.807, 2.05) is 12.1 Å². The number of carbonyl (C=O) groups is 3. The van der Waals surface area contributed by atoms with Crippen LogP contribution in [0.15, 0.2) is 78.9 Å². The number of aliphatic hydroxyl groups is 1. The van der Waals surface area contributed by atoms with Crippen LogP contribution in [0.4, 0.5) is 17.6 Å². The zero-order valence-electron chi connectivity index (χ0n) is 25.7. The van der Waals surface area contributed by atoms with Crippen molar-refractivity contribution in [1.82, 2.24) is 5.32 Å².